The van der Waals surface area contributed by atoms with Crippen LogP contribution in [0.25, 0.3) is 6.08 Å². The van der Waals surface area contributed by atoms with Crippen molar-refractivity contribution in [3.63, 3.8) is 0 Å². The van der Waals surface area contributed by atoms with Crippen LogP contribution in [0, 0.1) is 23.0 Å². The fraction of sp³-hybridized carbons (Fsp3) is 0.240. The first-order valence-electron chi connectivity index (χ1n) is 10.2. The lowest BCUT2D eigenvalue weighted by molar-refractivity contribution is 0.234. The minimum atomic E-state index is -0.500. The van der Waals surface area contributed by atoms with Crippen LogP contribution in [-0.4, -0.2) is 24.5 Å². The van der Waals surface area contributed by atoms with Crippen LogP contribution >= 0.6 is 0 Å². The zero-order valence-electron chi connectivity index (χ0n) is 17.2. The van der Waals surface area contributed by atoms with Crippen LogP contribution in [-0.2, 0) is 4.74 Å². The van der Waals surface area contributed by atoms with E-state index in [0.717, 1.165) is 24.1 Å². The van der Waals surface area contributed by atoms with Gasteiger partial charge in [0.05, 0.1) is 5.92 Å². The van der Waals surface area contributed by atoms with E-state index in [0.29, 0.717) is 30.0 Å². The number of hydrogen-bond donors (Lipinski definition) is 1. The molecule has 0 saturated heterocycles. The maximum Gasteiger partial charge on any atom is 0.205 e. The minimum absolute atomic E-state index is 0.0181. The zero-order valence-corrected chi connectivity index (χ0v) is 17.2. The molecule has 4 rings (SSSR count). The summed E-state index contributed by atoms with van der Waals surface area (Å²) in [4.78, 5) is 2.25. The Balaban J connectivity index is 1.88. The predicted molar refractivity (Wildman–Crippen MR) is 115 cm³/mol. The Hall–Kier alpha value is -3.43. The third-order valence-electron chi connectivity index (χ3n) is 5.52. The summed E-state index contributed by atoms with van der Waals surface area (Å²) in [5.74, 6) is -0.594. The summed E-state index contributed by atoms with van der Waals surface area (Å²) in [5.41, 5.74) is 9.48. The molecular formula is C25H23F2N3O. The molecule has 2 heterocycles. The fourth-order valence-corrected chi connectivity index (χ4v) is 4.28. The van der Waals surface area contributed by atoms with Gasteiger partial charge in [0, 0.05) is 18.7 Å². The van der Waals surface area contributed by atoms with Crippen LogP contribution in [0.2, 0.25) is 0 Å². The summed E-state index contributed by atoms with van der Waals surface area (Å²) in [7, 11) is 0. The van der Waals surface area contributed by atoms with Crippen LogP contribution < -0.4 is 5.73 Å². The van der Waals surface area contributed by atoms with E-state index in [2.05, 4.69) is 17.9 Å². The number of nitrogens with two attached hydrogens (primary N) is 1. The Morgan fingerprint density at radius 2 is 1.90 bits per heavy atom. The molecule has 0 radical (unpaired) electrons. The van der Waals surface area contributed by atoms with E-state index in [1.807, 2.05) is 12.1 Å². The summed E-state index contributed by atoms with van der Waals surface area (Å²) < 4.78 is 33.7. The van der Waals surface area contributed by atoms with Gasteiger partial charge in [0.2, 0.25) is 5.88 Å². The molecule has 0 amide bonds. The van der Waals surface area contributed by atoms with Crippen molar-refractivity contribution in [2.24, 2.45) is 5.73 Å². The van der Waals surface area contributed by atoms with E-state index in [9.17, 15) is 14.0 Å². The lowest BCUT2D eigenvalue weighted by atomic mass is 9.80. The normalized spacial score (nSPS) is 20.5. The largest absolute Gasteiger partial charge is 0.440 e. The first-order valence-corrected chi connectivity index (χ1v) is 10.2. The Morgan fingerprint density at radius 1 is 1.16 bits per heavy atom. The predicted octanol–water partition coefficient (Wildman–Crippen LogP) is 4.84. The van der Waals surface area contributed by atoms with Gasteiger partial charge in [0.25, 0.3) is 0 Å². The molecule has 2 aliphatic rings. The average molecular weight is 419 g/mol. The van der Waals surface area contributed by atoms with Crippen molar-refractivity contribution >= 4 is 6.08 Å². The smallest absolute Gasteiger partial charge is 0.205 e. The third kappa shape index (κ3) is 4.23. The average Bonchev–Trinajstić information content (AvgIpc) is 2.73. The van der Waals surface area contributed by atoms with Crippen molar-refractivity contribution in [3.05, 3.63) is 99.7 Å². The minimum Gasteiger partial charge on any atom is -0.440 e. The molecule has 4 nitrogen and oxygen atoms in total. The van der Waals surface area contributed by atoms with E-state index in [1.165, 1.54) is 24.3 Å². The molecule has 0 saturated carbocycles. The molecule has 2 aromatic carbocycles. The van der Waals surface area contributed by atoms with Gasteiger partial charge in [-0.1, -0.05) is 31.2 Å². The van der Waals surface area contributed by atoms with Gasteiger partial charge in [0.1, 0.15) is 29.0 Å². The highest BCUT2D eigenvalue weighted by Gasteiger charge is 2.37. The van der Waals surface area contributed by atoms with E-state index < -0.39 is 5.92 Å². The van der Waals surface area contributed by atoms with Gasteiger partial charge in [-0.2, -0.15) is 5.26 Å². The Labute approximate surface area is 180 Å². The van der Waals surface area contributed by atoms with E-state index >= 15 is 0 Å². The van der Waals surface area contributed by atoms with Gasteiger partial charge in [-0.15, -0.1) is 0 Å². The third-order valence-corrected chi connectivity index (χ3v) is 5.52. The molecule has 0 aromatic heterocycles. The number of allylic oxidation sites excluding steroid dienone is 1. The summed E-state index contributed by atoms with van der Waals surface area (Å²) in [5, 5.41) is 9.80. The van der Waals surface area contributed by atoms with Gasteiger partial charge in [-0.05, 0) is 60.0 Å². The van der Waals surface area contributed by atoms with Gasteiger partial charge < -0.3 is 10.5 Å². The second-order valence-corrected chi connectivity index (χ2v) is 7.77. The lowest BCUT2D eigenvalue weighted by Gasteiger charge is -2.38. The van der Waals surface area contributed by atoms with Crippen molar-refractivity contribution in [2.45, 2.75) is 19.3 Å². The molecule has 158 valence electrons. The van der Waals surface area contributed by atoms with E-state index in [-0.39, 0.29) is 23.1 Å². The summed E-state index contributed by atoms with van der Waals surface area (Å²) in [6.07, 6.45) is 2.83. The monoisotopic (exact) mass is 419 g/mol. The molecular weight excluding hydrogens is 396 g/mol. The molecule has 2 aromatic rings. The van der Waals surface area contributed by atoms with Crippen LogP contribution in [0.5, 0.6) is 0 Å². The molecule has 6 heteroatoms. The molecule has 0 unspecified atom stereocenters. The van der Waals surface area contributed by atoms with Gasteiger partial charge in [0.15, 0.2) is 0 Å². The van der Waals surface area contributed by atoms with Crippen LogP contribution in [0.1, 0.15) is 30.4 Å². The second kappa shape index (κ2) is 8.75. The SMILES string of the molecule is CCCN1CC2=C(OC(N)=C(C#N)[C@H]2c2cccc(F)c2)/C(=C\c2cccc(F)c2)C1. The molecule has 1 atom stereocenters. The first kappa shape index (κ1) is 20.8. The Morgan fingerprint density at radius 3 is 2.58 bits per heavy atom. The summed E-state index contributed by atoms with van der Waals surface area (Å²) in [6.45, 7) is 4.12. The van der Waals surface area contributed by atoms with Crippen molar-refractivity contribution in [1.29, 1.82) is 5.26 Å². The highest BCUT2D eigenvalue weighted by Crippen LogP contribution is 2.43. The Bertz CT molecular complexity index is 1140. The van der Waals surface area contributed by atoms with Crippen LogP contribution in [0.15, 0.2) is 76.9 Å². The number of rotatable bonds is 4. The topological polar surface area (TPSA) is 62.3 Å². The van der Waals surface area contributed by atoms with Gasteiger partial charge in [-0.25, -0.2) is 8.78 Å². The summed E-state index contributed by atoms with van der Waals surface area (Å²) in [6, 6.07) is 14.7. The number of ether oxygens (including phenoxy) is 1. The standard InChI is InChI=1S/C25H23F2N3O/c1-2-9-30-14-18(10-16-5-3-7-19(26)11-16)24-22(15-30)23(21(13-28)25(29)31-24)17-6-4-8-20(27)12-17/h3-8,10-12,23H,2,9,14-15,29H2,1H3/b18-10-/t23-/m1/s1. The number of nitrogens with zero attached hydrogens (tertiary/aromatic N) is 2. The quantitative estimate of drug-likeness (QED) is 0.771. The van der Waals surface area contributed by atoms with Crippen molar-refractivity contribution in [2.75, 3.05) is 19.6 Å². The highest BCUT2D eigenvalue weighted by molar-refractivity contribution is 5.63. The van der Waals surface area contributed by atoms with Crippen LogP contribution in [0.4, 0.5) is 8.78 Å². The maximum atomic E-state index is 14.0. The zero-order chi connectivity index (χ0) is 22.0. The Kier molecular flexibility index (Phi) is 5.88. The molecule has 2 N–H and O–H groups in total. The lowest BCUT2D eigenvalue weighted by Crippen LogP contribution is -2.38. The summed E-state index contributed by atoms with van der Waals surface area (Å²) >= 11 is 0. The van der Waals surface area contributed by atoms with Crippen LogP contribution in [0.3, 0.4) is 0 Å². The van der Waals surface area contributed by atoms with Crippen molar-refractivity contribution in [1.82, 2.24) is 4.90 Å². The first-order chi connectivity index (χ1) is 15.0. The van der Waals surface area contributed by atoms with Crippen molar-refractivity contribution in [3.8, 4) is 6.07 Å². The fourth-order valence-electron chi connectivity index (χ4n) is 4.28. The highest BCUT2D eigenvalue weighted by atomic mass is 19.1. The molecule has 31 heavy (non-hydrogen) atoms. The van der Waals surface area contributed by atoms with E-state index in [1.54, 1.807) is 18.2 Å². The molecule has 2 aliphatic heterocycles. The van der Waals surface area contributed by atoms with Crippen molar-refractivity contribution < 1.29 is 13.5 Å². The van der Waals surface area contributed by atoms with Gasteiger partial charge in [-0.3, -0.25) is 4.90 Å². The van der Waals surface area contributed by atoms with Gasteiger partial charge >= 0.3 is 0 Å². The molecule has 0 fully saturated rings. The van der Waals surface area contributed by atoms with E-state index in [4.69, 9.17) is 10.5 Å². The number of benzene rings is 2. The molecule has 0 spiro atoms. The second-order valence-electron chi connectivity index (χ2n) is 7.77. The molecule has 0 bridgehead atoms. The number of hydrogen-bond acceptors (Lipinski definition) is 4. The molecule has 0 aliphatic carbocycles. The number of halogens is 2. The maximum absolute atomic E-state index is 14.0. The number of nitriles is 1.